The zero-order valence-corrected chi connectivity index (χ0v) is 17.8. The molecule has 178 valence electrons. The minimum absolute atomic E-state index is 0.0876. The number of hydrogen-bond donors (Lipinski definition) is 7. The average molecular weight is 441 g/mol. The van der Waals surface area contributed by atoms with Crippen molar-refractivity contribution >= 4 is 5.97 Å². The number of H-pyrrole nitrogens is 1. The van der Waals surface area contributed by atoms with Gasteiger partial charge in [-0.1, -0.05) is 20.3 Å². The lowest BCUT2D eigenvalue weighted by Crippen LogP contribution is -2.34. The van der Waals surface area contributed by atoms with Crippen molar-refractivity contribution in [3.63, 3.8) is 0 Å². The zero-order valence-electron chi connectivity index (χ0n) is 17.8. The Hall–Kier alpha value is -2.13. The topological polar surface area (TPSA) is 218 Å². The summed E-state index contributed by atoms with van der Waals surface area (Å²) in [5, 5.41) is 39.9. The van der Waals surface area contributed by atoms with Crippen LogP contribution < -0.4 is 17.0 Å². The van der Waals surface area contributed by atoms with Crippen molar-refractivity contribution in [3.8, 4) is 0 Å². The molecule has 0 radical (unpaired) electrons. The van der Waals surface area contributed by atoms with E-state index in [1.165, 1.54) is 17.2 Å². The summed E-state index contributed by atoms with van der Waals surface area (Å²) in [6.07, 6.45) is 1.94. The van der Waals surface area contributed by atoms with E-state index in [2.05, 4.69) is 23.6 Å². The number of carbonyl (C=O) groups is 1. The Labute approximate surface area is 174 Å². The standard InChI is InChI=1S/C9H12N2O5.C3H7NO3.C3H8.2CH4O/c12-4-5-3-11(9(15)10-8(5)14)6-1-2-7(13)16-6;4-1-3(6)7-2-5;1-3-2;2*1-2/h3,6-7,12-13H,1-2,4H2,(H,10,14,15);5H,1-2,4H2;3H2,1-2H3;2*2H,1H3/t6?,7-;;;;/m0..../s1. The molecule has 1 unspecified atom stereocenters. The van der Waals surface area contributed by atoms with Crippen molar-refractivity contribution < 1.29 is 39.8 Å². The largest absolute Gasteiger partial charge is 0.438 e. The van der Waals surface area contributed by atoms with Gasteiger partial charge in [-0.05, 0) is 6.42 Å². The predicted molar refractivity (Wildman–Crippen MR) is 107 cm³/mol. The molecular weight excluding hydrogens is 406 g/mol. The van der Waals surface area contributed by atoms with E-state index in [1.807, 2.05) is 0 Å². The Morgan fingerprint density at radius 3 is 2.10 bits per heavy atom. The number of rotatable bonds is 4. The molecule has 1 aromatic heterocycles. The van der Waals surface area contributed by atoms with Gasteiger partial charge in [0.05, 0.1) is 18.7 Å². The third kappa shape index (κ3) is 13.9. The monoisotopic (exact) mass is 441 g/mol. The van der Waals surface area contributed by atoms with Crippen molar-refractivity contribution in [1.82, 2.24) is 9.55 Å². The highest BCUT2D eigenvalue weighted by molar-refractivity contribution is 5.71. The van der Waals surface area contributed by atoms with Gasteiger partial charge in [-0.25, -0.2) is 4.79 Å². The average Bonchev–Trinajstić information content (AvgIpc) is 3.18. The normalized spacial score (nSPS) is 16.2. The molecule has 2 atom stereocenters. The van der Waals surface area contributed by atoms with Crippen LogP contribution in [-0.2, 0) is 20.9 Å². The minimum Gasteiger partial charge on any atom is -0.438 e. The zero-order chi connectivity index (χ0) is 24.1. The van der Waals surface area contributed by atoms with Crippen LogP contribution in [0.15, 0.2) is 15.8 Å². The lowest BCUT2D eigenvalue weighted by molar-refractivity contribution is -0.149. The SMILES string of the molecule is CCC.CO.CO.NCC(=O)OCO.O=c1[nH]c(=O)n(C2CC[C@@H](O)O2)cc1CO. The van der Waals surface area contributed by atoms with Gasteiger partial charge < -0.3 is 40.7 Å². The fourth-order valence-corrected chi connectivity index (χ4v) is 1.79. The van der Waals surface area contributed by atoms with E-state index < -0.39 is 43.1 Å². The first kappa shape index (κ1) is 32.5. The Morgan fingerprint density at radius 1 is 1.23 bits per heavy atom. The molecule has 0 bridgehead atoms. The van der Waals surface area contributed by atoms with Crippen molar-refractivity contribution in [1.29, 1.82) is 0 Å². The van der Waals surface area contributed by atoms with Crippen LogP contribution in [0, 0.1) is 0 Å². The van der Waals surface area contributed by atoms with E-state index in [9.17, 15) is 19.5 Å². The number of nitrogens with one attached hydrogen (secondary N) is 1. The number of hydrogen-bond acceptors (Lipinski definition) is 11. The van der Waals surface area contributed by atoms with Crippen LogP contribution in [0.4, 0.5) is 0 Å². The Bertz CT molecular complexity index is 647. The maximum absolute atomic E-state index is 11.5. The van der Waals surface area contributed by atoms with Gasteiger partial charge in [-0.3, -0.25) is 19.1 Å². The molecule has 1 aromatic rings. The molecular formula is C17H35N3O10. The second-order valence-corrected chi connectivity index (χ2v) is 5.16. The molecule has 13 nitrogen and oxygen atoms in total. The number of aromatic nitrogens is 2. The summed E-state index contributed by atoms with van der Waals surface area (Å²) in [4.78, 5) is 34.6. The van der Waals surface area contributed by atoms with Gasteiger partial charge in [0.2, 0.25) is 0 Å². The van der Waals surface area contributed by atoms with Crippen LogP contribution in [0.1, 0.15) is 44.9 Å². The number of nitrogens with two attached hydrogens (primary N) is 1. The van der Waals surface area contributed by atoms with Gasteiger partial charge in [0.1, 0.15) is 6.23 Å². The van der Waals surface area contributed by atoms with Crippen molar-refractivity contribution in [2.75, 3.05) is 27.6 Å². The molecule has 2 rings (SSSR count). The highest BCUT2D eigenvalue weighted by Gasteiger charge is 2.25. The summed E-state index contributed by atoms with van der Waals surface area (Å²) >= 11 is 0. The van der Waals surface area contributed by atoms with Crippen molar-refractivity contribution in [3.05, 3.63) is 32.6 Å². The molecule has 0 aromatic carbocycles. The highest BCUT2D eigenvalue weighted by Crippen LogP contribution is 2.25. The molecule has 0 saturated carbocycles. The van der Waals surface area contributed by atoms with E-state index in [-0.39, 0.29) is 12.1 Å². The van der Waals surface area contributed by atoms with Crippen LogP contribution in [0.5, 0.6) is 0 Å². The number of aliphatic hydroxyl groups is 5. The molecule has 2 heterocycles. The van der Waals surface area contributed by atoms with Gasteiger partial charge in [0, 0.05) is 26.8 Å². The van der Waals surface area contributed by atoms with Gasteiger partial charge in [-0.15, -0.1) is 0 Å². The van der Waals surface area contributed by atoms with Crippen molar-refractivity contribution in [2.24, 2.45) is 5.73 Å². The Balaban J connectivity index is -0.000000438. The second-order valence-electron chi connectivity index (χ2n) is 5.16. The lowest BCUT2D eigenvalue weighted by Gasteiger charge is -2.13. The van der Waals surface area contributed by atoms with E-state index in [0.717, 1.165) is 14.2 Å². The van der Waals surface area contributed by atoms with Gasteiger partial charge in [0.15, 0.2) is 13.1 Å². The summed E-state index contributed by atoms with van der Waals surface area (Å²) in [5.41, 5.74) is 3.64. The number of nitrogens with zero attached hydrogens (tertiary/aromatic N) is 1. The smallest absolute Gasteiger partial charge is 0.330 e. The molecule has 1 aliphatic heterocycles. The predicted octanol–water partition coefficient (Wildman–Crippen LogP) is -2.27. The van der Waals surface area contributed by atoms with Gasteiger partial charge >= 0.3 is 11.7 Å². The van der Waals surface area contributed by atoms with E-state index in [4.69, 9.17) is 30.9 Å². The molecule has 1 fully saturated rings. The first-order valence-electron chi connectivity index (χ1n) is 8.99. The number of carbonyl (C=O) groups excluding carboxylic acids is 1. The molecule has 1 saturated heterocycles. The van der Waals surface area contributed by atoms with Gasteiger partial charge in [-0.2, -0.15) is 0 Å². The third-order valence-corrected chi connectivity index (χ3v) is 2.89. The number of aliphatic hydroxyl groups excluding tert-OH is 5. The molecule has 0 amide bonds. The molecule has 1 aliphatic rings. The highest BCUT2D eigenvalue weighted by atomic mass is 16.6. The fourth-order valence-electron chi connectivity index (χ4n) is 1.79. The summed E-state index contributed by atoms with van der Waals surface area (Å²) in [7, 11) is 2.00. The number of ether oxygens (including phenoxy) is 2. The van der Waals surface area contributed by atoms with E-state index in [0.29, 0.717) is 12.8 Å². The first-order chi connectivity index (χ1) is 14.3. The first-order valence-corrected chi connectivity index (χ1v) is 8.99. The summed E-state index contributed by atoms with van der Waals surface area (Å²) < 4.78 is 10.2. The van der Waals surface area contributed by atoms with Gasteiger partial charge in [0.25, 0.3) is 5.56 Å². The van der Waals surface area contributed by atoms with Crippen molar-refractivity contribution in [2.45, 2.75) is 52.2 Å². The summed E-state index contributed by atoms with van der Waals surface area (Å²) in [5.74, 6) is -0.595. The molecule has 0 aliphatic carbocycles. The third-order valence-electron chi connectivity index (χ3n) is 2.89. The molecule has 30 heavy (non-hydrogen) atoms. The minimum atomic E-state index is -0.888. The van der Waals surface area contributed by atoms with Crippen LogP contribution >= 0.6 is 0 Å². The summed E-state index contributed by atoms with van der Waals surface area (Å²) in [6, 6.07) is 0. The number of aromatic amines is 1. The fraction of sp³-hybridized carbons (Fsp3) is 0.706. The Kier molecular flexibility index (Phi) is 23.4. The van der Waals surface area contributed by atoms with Crippen LogP contribution in [0.3, 0.4) is 0 Å². The quantitative estimate of drug-likeness (QED) is 0.195. The van der Waals surface area contributed by atoms with Crippen LogP contribution in [-0.4, -0.2) is 74.9 Å². The maximum atomic E-state index is 11.5. The molecule has 8 N–H and O–H groups in total. The van der Waals surface area contributed by atoms with E-state index in [1.54, 1.807) is 0 Å². The molecule has 0 spiro atoms. The van der Waals surface area contributed by atoms with Crippen LogP contribution in [0.2, 0.25) is 0 Å². The molecule has 13 heteroatoms. The maximum Gasteiger partial charge on any atom is 0.330 e. The summed E-state index contributed by atoms with van der Waals surface area (Å²) in [6.45, 7) is 3.03. The second kappa shape index (κ2) is 21.6. The Morgan fingerprint density at radius 2 is 1.77 bits per heavy atom. The number of esters is 1. The van der Waals surface area contributed by atoms with E-state index >= 15 is 0 Å². The lowest BCUT2D eigenvalue weighted by atomic mass is 10.3. The van der Waals surface area contributed by atoms with Crippen LogP contribution in [0.25, 0.3) is 0 Å².